The highest BCUT2D eigenvalue weighted by Crippen LogP contribution is 2.21. The Morgan fingerprint density at radius 1 is 0.750 bits per heavy atom. The first-order valence-corrected chi connectivity index (χ1v) is 9.68. The standard InChI is InChI=1S/C21H17N3O3S/c25-19-20(26)24(21(27)23(19)12-16-9-5-2-6-10-16)13-17-14-28-18(22-17)11-15-7-3-1-4-8-15/h1-10,14H,11-13H2. The molecular weight excluding hydrogens is 374 g/mol. The molecule has 0 N–H and O–H groups in total. The minimum Gasteiger partial charge on any atom is -0.263 e. The van der Waals surface area contributed by atoms with Crippen molar-refractivity contribution in [3.63, 3.8) is 0 Å². The van der Waals surface area contributed by atoms with Gasteiger partial charge in [0.25, 0.3) is 0 Å². The Bertz CT molecular complexity index is 1020. The van der Waals surface area contributed by atoms with Gasteiger partial charge in [-0.05, 0) is 11.1 Å². The van der Waals surface area contributed by atoms with Crippen LogP contribution in [0.5, 0.6) is 0 Å². The average molecular weight is 391 g/mol. The molecule has 0 spiro atoms. The van der Waals surface area contributed by atoms with Crippen LogP contribution < -0.4 is 0 Å². The number of hydrogen-bond acceptors (Lipinski definition) is 5. The molecule has 7 heteroatoms. The number of rotatable bonds is 6. The molecule has 1 aliphatic rings. The fraction of sp³-hybridized carbons (Fsp3) is 0.143. The smallest absolute Gasteiger partial charge is 0.263 e. The van der Waals surface area contributed by atoms with Crippen molar-refractivity contribution < 1.29 is 14.4 Å². The highest BCUT2D eigenvalue weighted by molar-refractivity contribution is 7.09. The molecule has 140 valence electrons. The van der Waals surface area contributed by atoms with Crippen molar-refractivity contribution in [3.05, 3.63) is 87.9 Å². The Labute approximate surface area is 166 Å². The van der Waals surface area contributed by atoms with Crippen LogP contribution in [-0.4, -0.2) is 32.6 Å². The molecule has 28 heavy (non-hydrogen) atoms. The molecule has 0 atom stereocenters. The Morgan fingerprint density at radius 2 is 1.32 bits per heavy atom. The molecule has 4 amide bonds. The summed E-state index contributed by atoms with van der Waals surface area (Å²) >= 11 is 1.48. The van der Waals surface area contributed by atoms with Crippen LogP contribution in [0.4, 0.5) is 4.79 Å². The molecule has 3 aromatic rings. The Kier molecular flexibility index (Phi) is 4.99. The van der Waals surface area contributed by atoms with Crippen LogP contribution in [0.15, 0.2) is 66.0 Å². The molecular formula is C21H17N3O3S. The maximum Gasteiger partial charge on any atom is 0.334 e. The zero-order valence-electron chi connectivity index (χ0n) is 14.9. The van der Waals surface area contributed by atoms with Crippen molar-refractivity contribution in [2.24, 2.45) is 0 Å². The highest BCUT2D eigenvalue weighted by atomic mass is 32.1. The Balaban J connectivity index is 1.45. The van der Waals surface area contributed by atoms with Gasteiger partial charge in [0.05, 0.1) is 23.8 Å². The fourth-order valence-corrected chi connectivity index (χ4v) is 3.85. The zero-order valence-corrected chi connectivity index (χ0v) is 15.8. The topological polar surface area (TPSA) is 70.6 Å². The maximum absolute atomic E-state index is 12.6. The van der Waals surface area contributed by atoms with Gasteiger partial charge in [-0.2, -0.15) is 0 Å². The van der Waals surface area contributed by atoms with E-state index < -0.39 is 17.8 Å². The van der Waals surface area contributed by atoms with E-state index in [1.165, 1.54) is 11.3 Å². The summed E-state index contributed by atoms with van der Waals surface area (Å²) in [5.41, 5.74) is 2.53. The summed E-state index contributed by atoms with van der Waals surface area (Å²) < 4.78 is 0. The van der Waals surface area contributed by atoms with Gasteiger partial charge in [0.1, 0.15) is 0 Å². The lowest BCUT2D eigenvalue weighted by Gasteiger charge is -2.14. The van der Waals surface area contributed by atoms with Crippen molar-refractivity contribution in [1.82, 2.24) is 14.8 Å². The summed E-state index contributed by atoms with van der Waals surface area (Å²) in [4.78, 5) is 43.7. The van der Waals surface area contributed by atoms with Gasteiger partial charge in [0.15, 0.2) is 0 Å². The largest absolute Gasteiger partial charge is 0.334 e. The maximum atomic E-state index is 12.6. The van der Waals surface area contributed by atoms with Gasteiger partial charge >= 0.3 is 17.8 Å². The molecule has 6 nitrogen and oxygen atoms in total. The van der Waals surface area contributed by atoms with E-state index in [1.54, 1.807) is 0 Å². The van der Waals surface area contributed by atoms with E-state index >= 15 is 0 Å². The molecule has 0 saturated carbocycles. The molecule has 1 fully saturated rings. The molecule has 0 aliphatic carbocycles. The number of thiazole rings is 1. The van der Waals surface area contributed by atoms with E-state index in [2.05, 4.69) is 4.98 Å². The van der Waals surface area contributed by atoms with Gasteiger partial charge in [0, 0.05) is 11.8 Å². The molecule has 1 aromatic heterocycles. The second-order valence-corrected chi connectivity index (χ2v) is 7.39. The number of carbonyl (C=O) groups is 3. The third kappa shape index (κ3) is 3.70. The van der Waals surface area contributed by atoms with E-state index in [0.29, 0.717) is 12.1 Å². The van der Waals surface area contributed by atoms with Crippen LogP contribution in [0.1, 0.15) is 21.8 Å². The fourth-order valence-electron chi connectivity index (χ4n) is 3.03. The van der Waals surface area contributed by atoms with Gasteiger partial charge in [0.2, 0.25) is 0 Å². The molecule has 4 rings (SSSR count). The number of amides is 4. The summed E-state index contributed by atoms with van der Waals surface area (Å²) in [6.07, 6.45) is 0.687. The van der Waals surface area contributed by atoms with E-state index in [9.17, 15) is 14.4 Å². The third-order valence-electron chi connectivity index (χ3n) is 4.44. The van der Waals surface area contributed by atoms with Crippen molar-refractivity contribution in [1.29, 1.82) is 0 Å². The van der Waals surface area contributed by atoms with Gasteiger partial charge in [-0.1, -0.05) is 60.7 Å². The number of hydrogen-bond donors (Lipinski definition) is 0. The third-order valence-corrected chi connectivity index (χ3v) is 5.33. The number of nitrogens with zero attached hydrogens (tertiary/aromatic N) is 3. The second kappa shape index (κ2) is 7.74. The van der Waals surface area contributed by atoms with Gasteiger partial charge in [-0.15, -0.1) is 11.3 Å². The predicted molar refractivity (Wildman–Crippen MR) is 104 cm³/mol. The van der Waals surface area contributed by atoms with Crippen LogP contribution in [0.3, 0.4) is 0 Å². The number of imide groups is 2. The van der Waals surface area contributed by atoms with Gasteiger partial charge in [-0.3, -0.25) is 14.5 Å². The summed E-state index contributed by atoms with van der Waals surface area (Å²) in [6.45, 7) is 0.0804. The number of benzene rings is 2. The van der Waals surface area contributed by atoms with Crippen molar-refractivity contribution in [2.75, 3.05) is 0 Å². The average Bonchev–Trinajstić information content (AvgIpc) is 3.24. The van der Waals surface area contributed by atoms with Crippen LogP contribution in [-0.2, 0) is 29.1 Å². The van der Waals surface area contributed by atoms with Crippen LogP contribution in [0.2, 0.25) is 0 Å². The quantitative estimate of drug-likeness (QED) is 0.478. The lowest BCUT2D eigenvalue weighted by atomic mass is 10.2. The molecule has 2 aromatic carbocycles. The first kappa shape index (κ1) is 18.1. The summed E-state index contributed by atoms with van der Waals surface area (Å²) in [7, 11) is 0. The van der Waals surface area contributed by atoms with Gasteiger partial charge in [-0.25, -0.2) is 14.7 Å². The van der Waals surface area contributed by atoms with Crippen molar-refractivity contribution in [3.8, 4) is 0 Å². The molecule has 1 saturated heterocycles. The molecule has 2 heterocycles. The number of aromatic nitrogens is 1. The molecule has 0 unspecified atom stereocenters. The van der Waals surface area contributed by atoms with E-state index in [4.69, 9.17) is 0 Å². The monoisotopic (exact) mass is 391 g/mol. The predicted octanol–water partition coefficient (Wildman–Crippen LogP) is 3.22. The summed E-state index contributed by atoms with van der Waals surface area (Å²) in [5, 5.41) is 2.72. The van der Waals surface area contributed by atoms with E-state index in [1.807, 2.05) is 66.0 Å². The summed E-state index contributed by atoms with van der Waals surface area (Å²) in [6, 6.07) is 18.5. The number of carbonyl (C=O) groups excluding carboxylic acids is 3. The van der Waals surface area contributed by atoms with Gasteiger partial charge < -0.3 is 0 Å². The van der Waals surface area contributed by atoms with Crippen LogP contribution in [0, 0.1) is 0 Å². The minimum atomic E-state index is -0.807. The lowest BCUT2D eigenvalue weighted by molar-refractivity contribution is -0.143. The summed E-state index contributed by atoms with van der Waals surface area (Å²) in [5.74, 6) is -1.60. The van der Waals surface area contributed by atoms with Crippen molar-refractivity contribution >= 4 is 29.2 Å². The second-order valence-electron chi connectivity index (χ2n) is 6.45. The number of urea groups is 1. The molecule has 0 bridgehead atoms. The zero-order chi connectivity index (χ0) is 19.5. The normalized spacial score (nSPS) is 14.2. The Morgan fingerprint density at radius 3 is 1.96 bits per heavy atom. The SMILES string of the molecule is O=C1C(=O)N(Cc2csc(Cc3ccccc3)n2)C(=O)N1Cc1ccccc1. The minimum absolute atomic E-state index is 0.0000139. The highest BCUT2D eigenvalue weighted by Gasteiger charge is 2.44. The first-order valence-electron chi connectivity index (χ1n) is 8.80. The van der Waals surface area contributed by atoms with Crippen molar-refractivity contribution in [2.45, 2.75) is 19.5 Å². The van der Waals surface area contributed by atoms with Crippen LogP contribution >= 0.6 is 11.3 Å². The van der Waals surface area contributed by atoms with E-state index in [-0.39, 0.29) is 13.1 Å². The Hall–Kier alpha value is -3.32. The van der Waals surface area contributed by atoms with E-state index in [0.717, 1.165) is 25.9 Å². The van der Waals surface area contributed by atoms with Crippen LogP contribution in [0.25, 0.3) is 0 Å². The first-order chi connectivity index (χ1) is 13.6. The molecule has 1 aliphatic heterocycles. The molecule has 0 radical (unpaired) electrons. The lowest BCUT2D eigenvalue weighted by Crippen LogP contribution is -2.32.